The van der Waals surface area contributed by atoms with E-state index in [9.17, 15) is 35.8 Å². The first-order chi connectivity index (χ1) is 13.3. The zero-order valence-electron chi connectivity index (χ0n) is 15.2. The number of benzene rings is 2. The molecule has 0 saturated carbocycles. The number of alkyl halides is 6. The summed E-state index contributed by atoms with van der Waals surface area (Å²) < 4.78 is 90.5. The summed E-state index contributed by atoms with van der Waals surface area (Å²) >= 11 is 0. The van der Waals surface area contributed by atoms with Crippen molar-refractivity contribution in [2.45, 2.75) is 30.4 Å². The van der Waals surface area contributed by atoms with Crippen LogP contribution in [0.5, 0.6) is 0 Å². The minimum absolute atomic E-state index is 0.334. The van der Waals surface area contributed by atoms with Gasteiger partial charge >= 0.3 is 12.4 Å². The molecule has 0 heterocycles. The van der Waals surface area contributed by atoms with Crippen molar-refractivity contribution in [3.8, 4) is 0 Å². The summed E-state index contributed by atoms with van der Waals surface area (Å²) in [5, 5.41) is 9.40. The van der Waals surface area contributed by atoms with E-state index in [2.05, 4.69) is 0 Å². The summed E-state index contributed by atoms with van der Waals surface area (Å²) in [7, 11) is 1.59. The van der Waals surface area contributed by atoms with Crippen LogP contribution in [0, 0.1) is 5.82 Å². The molecule has 3 nitrogen and oxygen atoms in total. The Morgan fingerprint density at radius 2 is 1.38 bits per heavy atom. The maximum absolute atomic E-state index is 12.9. The fraction of sp³-hybridized carbons (Fsp3) is 0.368. The second-order valence-electron chi connectivity index (χ2n) is 6.62. The van der Waals surface area contributed by atoms with E-state index >= 15 is 0 Å². The van der Waals surface area contributed by atoms with Crippen molar-refractivity contribution in [2.24, 2.45) is 5.73 Å². The monoisotopic (exact) mass is 424 g/mol. The molecule has 0 aliphatic heterocycles. The fourth-order valence-corrected chi connectivity index (χ4v) is 2.78. The number of hydrogen-bond donors (Lipinski definition) is 2. The molecule has 0 aliphatic carbocycles. The summed E-state index contributed by atoms with van der Waals surface area (Å²) in [6.07, 6.45) is -11.5. The van der Waals surface area contributed by atoms with Gasteiger partial charge in [-0.3, -0.25) is 0 Å². The zero-order chi connectivity index (χ0) is 22.0. The van der Waals surface area contributed by atoms with Crippen molar-refractivity contribution >= 4 is 5.69 Å². The number of hydrogen-bond acceptors (Lipinski definition) is 3. The molecule has 160 valence electrons. The Balaban J connectivity index is 2.11. The predicted octanol–water partition coefficient (Wildman–Crippen LogP) is 4.66. The predicted molar refractivity (Wildman–Crippen MR) is 93.7 cm³/mol. The first kappa shape index (κ1) is 23.0. The standard InChI is InChI=1S/C19H19F7N2O/c1-28(11-10-16(27)12-2-6-14(20)7-3-12)15-8-4-13(5-9-15)17(29,18(21,22)23)19(24,25)26/h2-9,16,29H,10-11,27H2,1H3. The first-order valence-corrected chi connectivity index (χ1v) is 8.46. The van der Waals surface area contributed by atoms with Crippen LogP contribution < -0.4 is 10.6 Å². The molecule has 0 aliphatic rings. The smallest absolute Gasteiger partial charge is 0.375 e. The summed E-state index contributed by atoms with van der Waals surface area (Å²) in [6.45, 7) is 0.334. The lowest BCUT2D eigenvalue weighted by Crippen LogP contribution is -2.53. The number of aliphatic hydroxyl groups is 1. The number of rotatable bonds is 6. The Bertz CT molecular complexity index is 787. The van der Waals surface area contributed by atoms with Crippen molar-refractivity contribution in [3.63, 3.8) is 0 Å². The minimum Gasteiger partial charge on any atom is -0.375 e. The number of anilines is 1. The van der Waals surface area contributed by atoms with Crippen LogP contribution in [0.3, 0.4) is 0 Å². The van der Waals surface area contributed by atoms with E-state index in [1.165, 1.54) is 24.3 Å². The summed E-state index contributed by atoms with van der Waals surface area (Å²) in [6, 6.07) is 8.45. The normalized spacial score (nSPS) is 14.0. The molecule has 0 saturated heterocycles. The second kappa shape index (κ2) is 8.19. The van der Waals surface area contributed by atoms with Gasteiger partial charge < -0.3 is 15.7 Å². The molecule has 10 heteroatoms. The maximum Gasteiger partial charge on any atom is 0.430 e. The van der Waals surface area contributed by atoms with Crippen LogP contribution in [0.15, 0.2) is 48.5 Å². The molecule has 29 heavy (non-hydrogen) atoms. The topological polar surface area (TPSA) is 49.5 Å². The van der Waals surface area contributed by atoms with Crippen LogP contribution >= 0.6 is 0 Å². The molecule has 1 atom stereocenters. The zero-order valence-corrected chi connectivity index (χ0v) is 15.2. The van der Waals surface area contributed by atoms with Crippen molar-refractivity contribution < 1.29 is 35.8 Å². The molecule has 2 rings (SSSR count). The molecule has 3 N–H and O–H groups in total. The van der Waals surface area contributed by atoms with Gasteiger partial charge in [0, 0.05) is 30.9 Å². The van der Waals surface area contributed by atoms with Crippen LogP contribution in [-0.4, -0.2) is 31.1 Å². The van der Waals surface area contributed by atoms with Crippen LogP contribution in [0.1, 0.15) is 23.6 Å². The summed E-state index contributed by atoms with van der Waals surface area (Å²) in [5.41, 5.74) is 0.768. The Morgan fingerprint density at radius 3 is 1.83 bits per heavy atom. The van der Waals surface area contributed by atoms with Gasteiger partial charge in [-0.25, -0.2) is 4.39 Å². The van der Waals surface area contributed by atoms with Crippen LogP contribution in [-0.2, 0) is 5.60 Å². The highest BCUT2D eigenvalue weighted by Gasteiger charge is 2.71. The molecule has 0 fully saturated rings. The molecule has 0 spiro atoms. The molecule has 2 aromatic rings. The van der Waals surface area contributed by atoms with Gasteiger partial charge in [0.15, 0.2) is 0 Å². The van der Waals surface area contributed by atoms with Gasteiger partial charge in [0.05, 0.1) is 0 Å². The van der Waals surface area contributed by atoms with E-state index in [-0.39, 0.29) is 0 Å². The highest BCUT2D eigenvalue weighted by Crippen LogP contribution is 2.50. The minimum atomic E-state index is -5.93. The molecule has 0 aromatic heterocycles. The lowest BCUT2D eigenvalue weighted by molar-refractivity contribution is -0.376. The van der Waals surface area contributed by atoms with Gasteiger partial charge in [0.25, 0.3) is 5.60 Å². The molecular formula is C19H19F7N2O. The van der Waals surface area contributed by atoms with E-state index in [1.54, 1.807) is 11.9 Å². The van der Waals surface area contributed by atoms with Crippen LogP contribution in [0.4, 0.5) is 36.4 Å². The molecule has 0 bridgehead atoms. The van der Waals surface area contributed by atoms with E-state index in [0.29, 0.717) is 36.3 Å². The van der Waals surface area contributed by atoms with E-state index in [0.717, 1.165) is 12.1 Å². The average molecular weight is 424 g/mol. The second-order valence-corrected chi connectivity index (χ2v) is 6.62. The third kappa shape index (κ3) is 4.81. The van der Waals surface area contributed by atoms with E-state index in [1.807, 2.05) is 0 Å². The van der Waals surface area contributed by atoms with Crippen LogP contribution in [0.25, 0.3) is 0 Å². The Kier molecular flexibility index (Phi) is 6.48. The van der Waals surface area contributed by atoms with Gasteiger partial charge in [-0.1, -0.05) is 24.3 Å². The number of nitrogens with zero attached hydrogens (tertiary/aromatic N) is 1. The molecule has 0 radical (unpaired) electrons. The quantitative estimate of drug-likeness (QED) is 0.663. The van der Waals surface area contributed by atoms with Crippen molar-refractivity contribution in [1.82, 2.24) is 0 Å². The molecular weight excluding hydrogens is 405 g/mol. The lowest BCUT2D eigenvalue weighted by atomic mass is 9.92. The van der Waals surface area contributed by atoms with Gasteiger partial charge in [0.1, 0.15) is 5.82 Å². The molecule has 1 unspecified atom stereocenters. The highest BCUT2D eigenvalue weighted by molar-refractivity contribution is 5.48. The molecule has 0 amide bonds. The Morgan fingerprint density at radius 1 is 0.897 bits per heavy atom. The summed E-state index contributed by atoms with van der Waals surface area (Å²) in [4.78, 5) is 1.59. The van der Waals surface area contributed by atoms with Crippen LogP contribution in [0.2, 0.25) is 0 Å². The fourth-order valence-electron chi connectivity index (χ4n) is 2.78. The van der Waals surface area contributed by atoms with Crippen molar-refractivity contribution in [3.05, 3.63) is 65.5 Å². The van der Waals surface area contributed by atoms with Crippen molar-refractivity contribution in [2.75, 3.05) is 18.5 Å². The van der Waals surface area contributed by atoms with E-state index < -0.39 is 35.4 Å². The molecule has 2 aromatic carbocycles. The van der Waals surface area contributed by atoms with Gasteiger partial charge in [-0.05, 0) is 36.2 Å². The lowest BCUT2D eigenvalue weighted by Gasteiger charge is -2.33. The third-order valence-electron chi connectivity index (χ3n) is 4.62. The SMILES string of the molecule is CN(CCC(N)c1ccc(F)cc1)c1ccc(C(O)(C(F)(F)F)C(F)(F)F)cc1. The average Bonchev–Trinajstić information content (AvgIpc) is 2.64. The number of nitrogens with two attached hydrogens (primary N) is 1. The van der Waals surface area contributed by atoms with Gasteiger partial charge in [-0.2, -0.15) is 26.3 Å². The third-order valence-corrected chi connectivity index (χ3v) is 4.62. The largest absolute Gasteiger partial charge is 0.430 e. The van der Waals surface area contributed by atoms with Gasteiger partial charge in [-0.15, -0.1) is 0 Å². The Labute approximate surface area is 162 Å². The number of halogens is 7. The highest BCUT2D eigenvalue weighted by atomic mass is 19.4. The van der Waals surface area contributed by atoms with E-state index in [4.69, 9.17) is 5.73 Å². The first-order valence-electron chi connectivity index (χ1n) is 8.46. The van der Waals surface area contributed by atoms with Crippen molar-refractivity contribution in [1.29, 1.82) is 0 Å². The summed E-state index contributed by atoms with van der Waals surface area (Å²) in [5.74, 6) is -0.407. The Hall–Kier alpha value is -2.33. The maximum atomic E-state index is 12.9. The van der Waals surface area contributed by atoms with Gasteiger partial charge in [0.2, 0.25) is 0 Å².